The third-order valence-corrected chi connectivity index (χ3v) is 14.5. The van der Waals surface area contributed by atoms with Crippen LogP contribution in [0.4, 0.5) is 0 Å². The molecule has 0 bridgehead atoms. The number of halogens is 6. The summed E-state index contributed by atoms with van der Waals surface area (Å²) in [5.41, 5.74) is 0. The van der Waals surface area contributed by atoms with Gasteiger partial charge in [0.2, 0.25) is 0 Å². The smallest absolute Gasteiger partial charge is 1.00 e. The topological polar surface area (TPSA) is 142 Å². The van der Waals surface area contributed by atoms with Crippen LogP contribution in [0.25, 0.3) is 0 Å². The fourth-order valence-electron chi connectivity index (χ4n) is 5.19. The quantitative estimate of drug-likeness (QED) is 0.172. The number of ketones is 1. The number of aliphatic hydroxyl groups excluding tert-OH is 1. The van der Waals surface area contributed by atoms with Crippen molar-refractivity contribution in [2.24, 2.45) is 0 Å². The molecule has 0 aliphatic heterocycles. The third-order valence-electron chi connectivity index (χ3n) is 8.11. The molecule has 20 heteroatoms. The Morgan fingerprint density at radius 2 is 1.02 bits per heavy atom. The second-order valence-corrected chi connectivity index (χ2v) is 19.5. The molecule has 0 saturated heterocycles. The fraction of sp³-hybridized carbons (Fsp3) is 0.265. The van der Waals surface area contributed by atoms with Crippen molar-refractivity contribution >= 4 is 112 Å². The van der Waals surface area contributed by atoms with Crippen LogP contribution in [0, 0.1) is 0 Å². The average Bonchev–Trinajstić information content (AvgIpc) is 3.05. The summed E-state index contributed by atoms with van der Waals surface area (Å²) in [6, 6.07) is 15.3. The van der Waals surface area contributed by atoms with E-state index in [-0.39, 0.29) is 135 Å². The molecule has 2 aliphatic carbocycles. The van der Waals surface area contributed by atoms with Gasteiger partial charge in [0, 0.05) is 42.3 Å². The van der Waals surface area contributed by atoms with E-state index >= 15 is 0 Å². The molecule has 2 fully saturated rings. The van der Waals surface area contributed by atoms with Gasteiger partial charge in [0.25, 0.3) is 0 Å². The number of methoxy groups -OCH3 is 2. The first-order valence-corrected chi connectivity index (χ1v) is 21.3. The molecule has 4 aromatic carbocycles. The van der Waals surface area contributed by atoms with Crippen LogP contribution in [0.3, 0.4) is 0 Å². The van der Waals surface area contributed by atoms with E-state index in [0.29, 0.717) is 8.95 Å². The van der Waals surface area contributed by atoms with E-state index in [4.69, 9.17) is 65.4 Å². The average molecular weight is 997 g/mol. The summed E-state index contributed by atoms with van der Waals surface area (Å²) in [6.45, 7) is 0. The van der Waals surface area contributed by atoms with E-state index < -0.39 is 36.3 Å². The molecule has 0 spiro atoms. The summed E-state index contributed by atoms with van der Waals surface area (Å²) in [5.74, 6) is 1.26. The standard InChI is InChI=1S/C17H15BrCl2O5S.C17H13BrCl2O5S.B.Na.H/c2*1-24-15-3-2-11(25-17-13(19)4-9(18)5-14(17)20)8-16(15)26(22,23)12-6-10(21)7-12;;;/h2-5,8,10,12,21H,6-7H2,1H3;2-5,8,12H,6-7H2,1H3;;;/q;;;+1;-1. The predicted molar refractivity (Wildman–Crippen MR) is 213 cm³/mol. The van der Waals surface area contributed by atoms with Crippen LogP contribution in [0.1, 0.15) is 27.1 Å². The summed E-state index contributed by atoms with van der Waals surface area (Å²) in [5, 5.41) is 9.17. The summed E-state index contributed by atoms with van der Waals surface area (Å²) in [7, 11) is -4.60. The van der Waals surface area contributed by atoms with E-state index in [2.05, 4.69) is 31.9 Å². The molecule has 6 rings (SSSR count). The number of benzene rings is 4. The van der Waals surface area contributed by atoms with Crippen LogP contribution in [0.2, 0.25) is 20.1 Å². The zero-order valence-electron chi connectivity index (χ0n) is 29.6. The molecule has 2 aliphatic rings. The maximum Gasteiger partial charge on any atom is 1.00 e. The van der Waals surface area contributed by atoms with Gasteiger partial charge in [0.15, 0.2) is 31.2 Å². The normalized spacial score (nSPS) is 16.6. The Labute approximate surface area is 375 Å². The second kappa shape index (κ2) is 19.5. The first-order chi connectivity index (χ1) is 24.4. The van der Waals surface area contributed by atoms with Gasteiger partial charge in [-0.1, -0.05) is 78.3 Å². The maximum atomic E-state index is 12.8. The minimum atomic E-state index is -3.72. The molecule has 54 heavy (non-hydrogen) atoms. The molecule has 0 amide bonds. The van der Waals surface area contributed by atoms with Crippen LogP contribution in [0.5, 0.6) is 34.5 Å². The first-order valence-electron chi connectivity index (χ1n) is 15.1. The molecule has 0 aromatic heterocycles. The predicted octanol–water partition coefficient (Wildman–Crippen LogP) is 6.65. The molecule has 0 atom stereocenters. The van der Waals surface area contributed by atoms with Gasteiger partial charge in [-0.05, 0) is 61.4 Å². The molecule has 3 radical (unpaired) electrons. The van der Waals surface area contributed by atoms with Crippen LogP contribution in [-0.2, 0) is 24.5 Å². The molecule has 0 unspecified atom stereocenters. The Balaban J connectivity index is 0.000000360. The summed E-state index contributed by atoms with van der Waals surface area (Å²) in [4.78, 5) is 11.2. The number of aliphatic hydroxyl groups is 1. The van der Waals surface area contributed by atoms with Crippen molar-refractivity contribution in [3.8, 4) is 34.5 Å². The fourth-order valence-corrected chi connectivity index (χ4v) is 11.7. The minimum Gasteiger partial charge on any atom is -1.00 e. The van der Waals surface area contributed by atoms with Crippen molar-refractivity contribution < 1.29 is 76.7 Å². The molecular weight excluding hydrogens is 968 g/mol. The van der Waals surface area contributed by atoms with Crippen molar-refractivity contribution in [3.63, 3.8) is 0 Å². The van der Waals surface area contributed by atoms with Gasteiger partial charge >= 0.3 is 29.6 Å². The third kappa shape index (κ3) is 10.6. The molecular formula is C34H29BBr2Cl4NaO10S2. The first kappa shape index (κ1) is 47.2. The molecule has 2 saturated carbocycles. The van der Waals surface area contributed by atoms with Crippen LogP contribution in [-0.4, -0.2) is 67.0 Å². The van der Waals surface area contributed by atoms with Crippen LogP contribution >= 0.6 is 78.3 Å². The molecule has 0 heterocycles. The van der Waals surface area contributed by atoms with E-state index in [1.165, 1.54) is 38.5 Å². The van der Waals surface area contributed by atoms with Gasteiger partial charge in [-0.25, -0.2) is 16.8 Å². The largest absolute Gasteiger partial charge is 1.00 e. The zero-order chi connectivity index (χ0) is 38.1. The number of carbonyl (C=O) groups is 1. The molecule has 10 nitrogen and oxygen atoms in total. The Morgan fingerprint density at radius 1 is 0.667 bits per heavy atom. The van der Waals surface area contributed by atoms with Crippen molar-refractivity contribution in [1.82, 2.24) is 0 Å². The van der Waals surface area contributed by atoms with E-state index in [0.717, 1.165) is 0 Å². The van der Waals surface area contributed by atoms with Crippen molar-refractivity contribution in [2.45, 2.75) is 52.1 Å². The summed E-state index contributed by atoms with van der Waals surface area (Å²) < 4.78 is 74.4. The maximum absolute atomic E-state index is 12.8. The Hall–Kier alpha value is -1.21. The van der Waals surface area contributed by atoms with Crippen molar-refractivity contribution in [2.75, 3.05) is 14.2 Å². The monoisotopic (exact) mass is 993 g/mol. The van der Waals surface area contributed by atoms with Gasteiger partial charge in [0.05, 0.1) is 50.9 Å². The molecule has 283 valence electrons. The number of sulfone groups is 2. The van der Waals surface area contributed by atoms with Crippen LogP contribution < -0.4 is 48.5 Å². The van der Waals surface area contributed by atoms with Crippen molar-refractivity contribution in [3.05, 3.63) is 89.7 Å². The Kier molecular flexibility index (Phi) is 17.0. The number of Topliss-reactive ketones (excluding diaryl/α,β-unsaturated/α-hetero) is 1. The summed E-state index contributed by atoms with van der Waals surface area (Å²) in [6.07, 6.45) is -0.135. The number of rotatable bonds is 10. The number of carbonyl (C=O) groups excluding carboxylic acids is 1. The minimum absolute atomic E-state index is 0. The number of hydrogen-bond acceptors (Lipinski definition) is 10. The van der Waals surface area contributed by atoms with Gasteiger partial charge in [0.1, 0.15) is 38.6 Å². The van der Waals surface area contributed by atoms with Gasteiger partial charge in [-0.15, -0.1) is 0 Å². The zero-order valence-corrected chi connectivity index (χ0v) is 38.4. The second-order valence-electron chi connectivity index (χ2n) is 11.6. The molecule has 4 aromatic rings. The molecule has 1 N–H and O–H groups in total. The van der Waals surface area contributed by atoms with E-state index in [1.807, 2.05) is 0 Å². The number of ether oxygens (including phenoxy) is 4. The van der Waals surface area contributed by atoms with Gasteiger partial charge in [-0.2, -0.15) is 0 Å². The van der Waals surface area contributed by atoms with Gasteiger partial charge in [-0.3, -0.25) is 4.79 Å². The Morgan fingerprint density at radius 3 is 1.33 bits per heavy atom. The van der Waals surface area contributed by atoms with Crippen LogP contribution in [0.15, 0.2) is 79.4 Å². The van der Waals surface area contributed by atoms with E-state index in [9.17, 15) is 26.7 Å². The summed E-state index contributed by atoms with van der Waals surface area (Å²) >= 11 is 31.2. The number of hydrogen-bond donors (Lipinski definition) is 1. The van der Waals surface area contributed by atoms with E-state index in [1.54, 1.807) is 36.4 Å². The van der Waals surface area contributed by atoms with Gasteiger partial charge < -0.3 is 25.5 Å². The SMILES string of the molecule is COc1ccc(Oc2c(Cl)cc(Br)cc2Cl)cc1S(=O)(=O)C1CC(=O)C1.COc1ccc(Oc2c(Cl)cc(Br)cc2Cl)cc1S(=O)(=O)C1CC(O)C1.[B].[H-].[Na+]. The van der Waals surface area contributed by atoms with Crippen molar-refractivity contribution in [1.29, 1.82) is 0 Å². The Bertz CT molecular complexity index is 2220.